The summed E-state index contributed by atoms with van der Waals surface area (Å²) in [6.07, 6.45) is -6.15. The molecule has 0 radical (unpaired) electrons. The number of nitrogens with zero attached hydrogens (tertiary/aromatic N) is 1. The number of nitrogens with one attached hydrogen (secondary N) is 3. The highest BCUT2D eigenvalue weighted by atomic mass is 32.2. The van der Waals surface area contributed by atoms with Crippen molar-refractivity contribution in [2.75, 3.05) is 36.9 Å². The Bertz CT molecular complexity index is 1320. The average Bonchev–Trinajstić information content (AvgIpc) is 2.87. The summed E-state index contributed by atoms with van der Waals surface area (Å²) in [6, 6.07) is 8.16. The summed E-state index contributed by atoms with van der Waals surface area (Å²) in [5.41, 5.74) is -3.13. The van der Waals surface area contributed by atoms with Crippen molar-refractivity contribution in [2.45, 2.75) is 49.9 Å². The minimum atomic E-state index is -4.78. The number of fused-ring (bicyclic) bond motifs is 1. The number of hydrogen-bond donors (Lipinski definition) is 3. The van der Waals surface area contributed by atoms with Gasteiger partial charge in [0.15, 0.2) is 0 Å². The monoisotopic (exact) mass is 592 g/mol. The summed E-state index contributed by atoms with van der Waals surface area (Å²) < 4.78 is 88.8. The van der Waals surface area contributed by atoms with Gasteiger partial charge in [-0.25, -0.2) is 17.6 Å². The predicted molar refractivity (Wildman–Crippen MR) is 140 cm³/mol. The molecule has 1 aliphatic heterocycles. The number of carbonyl (C=O) groups excluding carboxylic acids is 2. The van der Waals surface area contributed by atoms with E-state index in [-0.39, 0.29) is 41.1 Å². The zero-order valence-corrected chi connectivity index (χ0v) is 23.6. The first-order valence-corrected chi connectivity index (χ1v) is 13.3. The number of sulfonamides is 1. The number of amides is 2. The lowest BCUT2D eigenvalue weighted by molar-refractivity contribution is -0.242. The molecule has 1 heterocycles. The van der Waals surface area contributed by atoms with E-state index in [1.807, 2.05) is 13.8 Å². The van der Waals surface area contributed by atoms with Gasteiger partial charge < -0.3 is 20.1 Å². The molecule has 0 saturated heterocycles. The molecule has 0 fully saturated rings. The molecule has 0 aromatic heterocycles. The highest BCUT2D eigenvalue weighted by Crippen LogP contribution is 2.38. The largest absolute Gasteiger partial charge is 0.489 e. The van der Waals surface area contributed by atoms with Crippen LogP contribution in [0.1, 0.15) is 27.7 Å². The third kappa shape index (κ3) is 7.75. The first-order valence-electron chi connectivity index (χ1n) is 11.9. The Balaban J connectivity index is 0.000000536. The van der Waals surface area contributed by atoms with Crippen LogP contribution in [0.2, 0.25) is 0 Å². The van der Waals surface area contributed by atoms with Crippen molar-refractivity contribution in [3.05, 3.63) is 48.3 Å². The number of anilines is 2. The molecule has 10 nitrogen and oxygen atoms in total. The zero-order chi connectivity index (χ0) is 30.5. The first kappa shape index (κ1) is 32.6. The molecule has 0 atom stereocenters. The summed E-state index contributed by atoms with van der Waals surface area (Å²) in [5.74, 6) is -0.412. The molecule has 3 rings (SSSR count). The maximum atomic E-state index is 13.2. The van der Waals surface area contributed by atoms with E-state index in [0.717, 1.165) is 28.6 Å². The number of benzene rings is 2. The van der Waals surface area contributed by atoms with Crippen molar-refractivity contribution < 1.29 is 45.0 Å². The van der Waals surface area contributed by atoms with Gasteiger partial charge in [0.25, 0.3) is 10.0 Å². The quantitative estimate of drug-likeness (QED) is 0.433. The lowest BCUT2D eigenvalue weighted by atomic mass is 10.1. The van der Waals surface area contributed by atoms with Crippen LogP contribution in [0.25, 0.3) is 0 Å². The second-order valence-electron chi connectivity index (χ2n) is 9.54. The van der Waals surface area contributed by atoms with Gasteiger partial charge in [0.05, 0.1) is 22.7 Å². The SMILES string of the molecule is CC(C)(OC(=O)Nc1ccc2c(c1)N(S(=O)(=O)c1ccc(F)cc1)CCO2)C(F)(F)F.CNC(=O)C(C)(C)NC. The maximum Gasteiger partial charge on any atom is 0.427 e. The fraction of sp³-hybridized carbons (Fsp3) is 0.440. The predicted octanol–water partition coefficient (Wildman–Crippen LogP) is 4.03. The van der Waals surface area contributed by atoms with Gasteiger partial charge in [-0.3, -0.25) is 14.4 Å². The Hall–Kier alpha value is -3.59. The van der Waals surface area contributed by atoms with Gasteiger partial charge in [0, 0.05) is 12.7 Å². The van der Waals surface area contributed by atoms with E-state index in [4.69, 9.17) is 4.74 Å². The maximum absolute atomic E-state index is 13.2. The molecule has 0 spiro atoms. The summed E-state index contributed by atoms with van der Waals surface area (Å²) in [4.78, 5) is 22.7. The summed E-state index contributed by atoms with van der Waals surface area (Å²) in [7, 11) is -0.706. The standard InChI is InChI=1S/C19H18F4N2O5S.C6H14N2O/c1-18(2,19(21,22)23)30-17(26)24-13-5-8-16-15(11-13)25(9-10-29-16)31(27,28)14-6-3-12(20)4-7-14;1-6(2,8-4)5(9)7-3/h3-8,11H,9-10H2,1-2H3,(H,24,26);8H,1-4H3,(H,7,9). The molecule has 1 aliphatic rings. The first-order chi connectivity index (χ1) is 18.4. The Morgan fingerprint density at radius 1 is 1.00 bits per heavy atom. The Kier molecular flexibility index (Phi) is 10.0. The minimum absolute atomic E-state index is 0.00463. The van der Waals surface area contributed by atoms with Crippen LogP contribution in [-0.4, -0.2) is 65.0 Å². The Morgan fingerprint density at radius 3 is 2.10 bits per heavy atom. The normalized spacial score (nSPS) is 13.7. The van der Waals surface area contributed by atoms with Gasteiger partial charge in [0.1, 0.15) is 18.2 Å². The second-order valence-corrected chi connectivity index (χ2v) is 11.4. The molecular weight excluding hydrogens is 560 g/mol. The van der Waals surface area contributed by atoms with E-state index in [2.05, 4.69) is 20.7 Å². The zero-order valence-electron chi connectivity index (χ0n) is 22.8. The van der Waals surface area contributed by atoms with Crippen molar-refractivity contribution in [1.82, 2.24) is 10.6 Å². The Labute approximate surface area is 230 Å². The fourth-order valence-corrected chi connectivity index (χ4v) is 4.56. The van der Waals surface area contributed by atoms with Crippen LogP contribution in [0.3, 0.4) is 0 Å². The van der Waals surface area contributed by atoms with Crippen molar-refractivity contribution in [1.29, 1.82) is 0 Å². The van der Waals surface area contributed by atoms with E-state index < -0.39 is 39.3 Å². The van der Waals surface area contributed by atoms with Gasteiger partial charge in [-0.1, -0.05) is 0 Å². The fourth-order valence-electron chi connectivity index (χ4n) is 3.11. The van der Waals surface area contributed by atoms with Gasteiger partial charge in [-0.2, -0.15) is 13.2 Å². The molecule has 2 aromatic carbocycles. The van der Waals surface area contributed by atoms with E-state index in [9.17, 15) is 35.6 Å². The average molecular weight is 593 g/mol. The lowest BCUT2D eigenvalue weighted by Gasteiger charge is -2.31. The second kappa shape index (κ2) is 12.3. The van der Waals surface area contributed by atoms with Crippen LogP contribution in [-0.2, 0) is 19.6 Å². The van der Waals surface area contributed by atoms with Crippen LogP contribution < -0.4 is 25.0 Å². The molecule has 0 aliphatic carbocycles. The van der Waals surface area contributed by atoms with Gasteiger partial charge in [-0.15, -0.1) is 0 Å². The molecule has 0 unspecified atom stereocenters. The van der Waals surface area contributed by atoms with Gasteiger partial charge in [0.2, 0.25) is 11.5 Å². The van der Waals surface area contributed by atoms with Gasteiger partial charge >= 0.3 is 12.3 Å². The van der Waals surface area contributed by atoms with E-state index in [1.165, 1.54) is 18.2 Å². The smallest absolute Gasteiger partial charge is 0.427 e. The van der Waals surface area contributed by atoms with Crippen molar-refractivity contribution in [2.24, 2.45) is 0 Å². The number of hydrogen-bond acceptors (Lipinski definition) is 7. The van der Waals surface area contributed by atoms with Crippen LogP contribution in [0.5, 0.6) is 5.75 Å². The van der Waals surface area contributed by atoms with E-state index in [1.54, 1.807) is 14.1 Å². The molecule has 2 aromatic rings. The van der Waals surface area contributed by atoms with Gasteiger partial charge in [-0.05, 0) is 77.2 Å². The molecule has 0 saturated carbocycles. The van der Waals surface area contributed by atoms with E-state index in [0.29, 0.717) is 13.8 Å². The van der Waals surface area contributed by atoms with E-state index >= 15 is 0 Å². The van der Waals surface area contributed by atoms with Crippen LogP contribution in [0.15, 0.2) is 47.4 Å². The molecule has 15 heteroatoms. The number of halogens is 4. The minimum Gasteiger partial charge on any atom is -0.489 e. The van der Waals surface area contributed by atoms with Crippen LogP contribution in [0, 0.1) is 5.82 Å². The molecule has 0 bridgehead atoms. The third-order valence-electron chi connectivity index (χ3n) is 5.88. The number of alkyl halides is 3. The van der Waals surface area contributed by atoms with Crippen molar-refractivity contribution in [3.8, 4) is 5.75 Å². The molecule has 222 valence electrons. The number of rotatable bonds is 6. The molecule has 3 N–H and O–H groups in total. The van der Waals surface area contributed by atoms with Crippen molar-refractivity contribution >= 4 is 33.4 Å². The number of ether oxygens (including phenoxy) is 2. The lowest BCUT2D eigenvalue weighted by Crippen LogP contribution is -2.49. The van der Waals surface area contributed by atoms with Crippen molar-refractivity contribution in [3.63, 3.8) is 0 Å². The Morgan fingerprint density at radius 2 is 1.60 bits per heavy atom. The molecular formula is C25H32F4N4O6S. The van der Waals surface area contributed by atoms with Crippen LogP contribution in [0.4, 0.5) is 33.7 Å². The van der Waals surface area contributed by atoms with Crippen LogP contribution >= 0.6 is 0 Å². The third-order valence-corrected chi connectivity index (χ3v) is 7.71. The summed E-state index contributed by atoms with van der Waals surface area (Å²) in [6.45, 7) is 5.02. The summed E-state index contributed by atoms with van der Waals surface area (Å²) >= 11 is 0. The highest BCUT2D eigenvalue weighted by molar-refractivity contribution is 7.92. The summed E-state index contributed by atoms with van der Waals surface area (Å²) in [5, 5.41) is 7.59. The molecule has 40 heavy (non-hydrogen) atoms. The highest BCUT2D eigenvalue weighted by Gasteiger charge is 2.51. The number of likely N-dealkylation sites (N-methyl/N-ethyl adjacent to an activating group) is 2. The number of carbonyl (C=O) groups is 2. The topological polar surface area (TPSA) is 126 Å². The molecule has 2 amide bonds.